The van der Waals surface area contributed by atoms with E-state index in [0.717, 1.165) is 0 Å². The number of carbonyl (C=O) groups is 2. The van der Waals surface area contributed by atoms with Crippen LogP contribution in [-0.4, -0.2) is 46.9 Å². The van der Waals surface area contributed by atoms with Crippen LogP contribution in [0, 0.1) is 0 Å². The highest BCUT2D eigenvalue weighted by atomic mass is 16.4. The molecule has 0 radical (unpaired) electrons. The number of hydrogen-bond donors (Lipinski definition) is 5. The third-order valence-electron chi connectivity index (χ3n) is 2.49. The van der Waals surface area contributed by atoms with E-state index < -0.39 is 24.3 Å². The van der Waals surface area contributed by atoms with Crippen molar-refractivity contribution in [2.24, 2.45) is 5.73 Å². The molecular formula is C9H17N3O4. The van der Waals surface area contributed by atoms with Gasteiger partial charge in [0.15, 0.2) is 0 Å². The van der Waals surface area contributed by atoms with Gasteiger partial charge in [-0.25, -0.2) is 0 Å². The Morgan fingerprint density at radius 2 is 2.19 bits per heavy atom. The number of amides is 1. The highest BCUT2D eigenvalue weighted by Gasteiger charge is 2.34. The van der Waals surface area contributed by atoms with Gasteiger partial charge in [0.2, 0.25) is 5.91 Å². The second kappa shape index (κ2) is 5.78. The summed E-state index contributed by atoms with van der Waals surface area (Å²) in [5.41, 5.74) is 5.32. The van der Waals surface area contributed by atoms with Crippen LogP contribution in [0.4, 0.5) is 0 Å². The van der Waals surface area contributed by atoms with Gasteiger partial charge in [0.25, 0.3) is 0 Å². The summed E-state index contributed by atoms with van der Waals surface area (Å²) in [6.07, 6.45) is -0.138. The maximum absolute atomic E-state index is 11.5. The number of aliphatic carboxylic acids is 1. The SMILES string of the molecule is NCCC[C@@H]1NC(O)[C@H](CC(=O)O)NC1=O. The van der Waals surface area contributed by atoms with E-state index in [-0.39, 0.29) is 12.3 Å². The van der Waals surface area contributed by atoms with Crippen LogP contribution in [0.3, 0.4) is 0 Å². The molecule has 0 bridgehead atoms. The minimum Gasteiger partial charge on any atom is -0.481 e. The Hall–Kier alpha value is -1.18. The Bertz CT molecular complexity index is 271. The molecule has 1 unspecified atom stereocenters. The van der Waals surface area contributed by atoms with Crippen molar-refractivity contribution >= 4 is 11.9 Å². The fourth-order valence-electron chi connectivity index (χ4n) is 1.65. The van der Waals surface area contributed by atoms with E-state index >= 15 is 0 Å². The topological polar surface area (TPSA) is 125 Å². The molecule has 0 saturated carbocycles. The van der Waals surface area contributed by atoms with Crippen molar-refractivity contribution in [3.8, 4) is 0 Å². The van der Waals surface area contributed by atoms with Crippen LogP contribution in [0.25, 0.3) is 0 Å². The zero-order valence-corrected chi connectivity index (χ0v) is 8.85. The Labute approximate surface area is 93.0 Å². The number of carboxylic acid groups (broad SMARTS) is 1. The summed E-state index contributed by atoms with van der Waals surface area (Å²) in [5.74, 6) is -1.35. The van der Waals surface area contributed by atoms with Gasteiger partial charge >= 0.3 is 5.97 Å². The van der Waals surface area contributed by atoms with Crippen LogP contribution < -0.4 is 16.4 Å². The first-order chi connectivity index (χ1) is 7.54. The second-order valence-electron chi connectivity index (χ2n) is 3.81. The number of aliphatic hydroxyl groups excluding tert-OH is 1. The lowest BCUT2D eigenvalue weighted by atomic mass is 10.0. The Kier molecular flexibility index (Phi) is 4.66. The maximum atomic E-state index is 11.5. The highest BCUT2D eigenvalue weighted by molar-refractivity contribution is 5.83. The van der Waals surface area contributed by atoms with Crippen molar-refractivity contribution in [3.05, 3.63) is 0 Å². The van der Waals surface area contributed by atoms with Crippen LogP contribution in [0.15, 0.2) is 0 Å². The molecule has 6 N–H and O–H groups in total. The minimum atomic E-state index is -1.06. The molecular weight excluding hydrogens is 214 g/mol. The predicted octanol–water partition coefficient (Wildman–Crippen LogP) is -2.02. The molecule has 1 rings (SSSR count). The van der Waals surface area contributed by atoms with Gasteiger partial charge in [-0.15, -0.1) is 0 Å². The molecule has 16 heavy (non-hydrogen) atoms. The first-order valence-corrected chi connectivity index (χ1v) is 5.21. The van der Waals surface area contributed by atoms with Crippen molar-refractivity contribution in [2.45, 2.75) is 37.6 Å². The average molecular weight is 231 g/mol. The van der Waals surface area contributed by atoms with E-state index in [2.05, 4.69) is 10.6 Å². The normalized spacial score (nSPS) is 29.9. The molecule has 0 spiro atoms. The number of piperazine rings is 1. The molecule has 1 heterocycles. The van der Waals surface area contributed by atoms with Crippen molar-refractivity contribution in [1.82, 2.24) is 10.6 Å². The number of carboxylic acids is 1. The van der Waals surface area contributed by atoms with E-state index in [4.69, 9.17) is 10.8 Å². The van der Waals surface area contributed by atoms with Crippen LogP contribution >= 0.6 is 0 Å². The molecule has 1 aliphatic heterocycles. The Morgan fingerprint density at radius 3 is 2.75 bits per heavy atom. The summed E-state index contributed by atoms with van der Waals surface area (Å²) >= 11 is 0. The fraction of sp³-hybridized carbons (Fsp3) is 0.778. The fourth-order valence-corrected chi connectivity index (χ4v) is 1.65. The van der Waals surface area contributed by atoms with Crippen LogP contribution in [0.1, 0.15) is 19.3 Å². The van der Waals surface area contributed by atoms with Crippen molar-refractivity contribution < 1.29 is 19.8 Å². The Morgan fingerprint density at radius 1 is 1.50 bits per heavy atom. The average Bonchev–Trinajstić information content (AvgIpc) is 2.20. The molecule has 0 aromatic carbocycles. The molecule has 1 amide bonds. The number of hydrogen-bond acceptors (Lipinski definition) is 5. The minimum absolute atomic E-state index is 0.287. The predicted molar refractivity (Wildman–Crippen MR) is 55.4 cm³/mol. The number of carbonyl (C=O) groups excluding carboxylic acids is 1. The van der Waals surface area contributed by atoms with Crippen LogP contribution in [0.2, 0.25) is 0 Å². The summed E-state index contributed by atoms with van der Waals surface area (Å²) in [6.45, 7) is 0.472. The van der Waals surface area contributed by atoms with Gasteiger partial charge in [-0.3, -0.25) is 14.9 Å². The summed E-state index contributed by atoms with van der Waals surface area (Å²) < 4.78 is 0. The lowest BCUT2D eigenvalue weighted by Gasteiger charge is -2.34. The molecule has 0 aromatic rings. The van der Waals surface area contributed by atoms with E-state index in [1.807, 2.05) is 0 Å². The molecule has 7 nitrogen and oxygen atoms in total. The van der Waals surface area contributed by atoms with Gasteiger partial charge in [0.05, 0.1) is 18.5 Å². The number of aliphatic hydroxyl groups is 1. The molecule has 0 aromatic heterocycles. The van der Waals surface area contributed by atoms with Crippen molar-refractivity contribution in [3.63, 3.8) is 0 Å². The first kappa shape index (κ1) is 12.9. The lowest BCUT2D eigenvalue weighted by Crippen LogP contribution is -2.64. The molecule has 1 fully saturated rings. The quantitative estimate of drug-likeness (QED) is 0.372. The third-order valence-corrected chi connectivity index (χ3v) is 2.49. The van der Waals surface area contributed by atoms with E-state index in [1.165, 1.54) is 0 Å². The van der Waals surface area contributed by atoms with Gasteiger partial charge in [0, 0.05) is 0 Å². The van der Waals surface area contributed by atoms with Crippen molar-refractivity contribution in [2.75, 3.05) is 6.54 Å². The summed E-state index contributed by atoms with van der Waals surface area (Å²) in [6, 6.07) is -1.28. The van der Waals surface area contributed by atoms with Crippen LogP contribution in [0.5, 0.6) is 0 Å². The molecule has 1 aliphatic rings. The molecule has 92 valence electrons. The second-order valence-corrected chi connectivity index (χ2v) is 3.81. The summed E-state index contributed by atoms with van der Waals surface area (Å²) in [4.78, 5) is 22.0. The zero-order valence-electron chi connectivity index (χ0n) is 8.85. The molecule has 1 saturated heterocycles. The molecule has 0 aliphatic carbocycles. The maximum Gasteiger partial charge on any atom is 0.305 e. The standard InChI is InChI=1S/C9H17N3O4/c10-3-1-2-5-8(15)12-6(4-7(13)14)9(16)11-5/h5-6,9,11,16H,1-4,10H2,(H,12,15)(H,13,14)/t5-,6-,9?/m0/s1. The Balaban J connectivity index is 2.49. The zero-order chi connectivity index (χ0) is 12.1. The van der Waals surface area contributed by atoms with Gasteiger partial charge in [-0.05, 0) is 19.4 Å². The number of nitrogens with two attached hydrogens (primary N) is 1. The lowest BCUT2D eigenvalue weighted by molar-refractivity contribution is -0.140. The largest absolute Gasteiger partial charge is 0.481 e. The number of nitrogens with one attached hydrogen (secondary N) is 2. The molecule has 7 heteroatoms. The number of rotatable bonds is 5. The van der Waals surface area contributed by atoms with Crippen LogP contribution in [-0.2, 0) is 9.59 Å². The van der Waals surface area contributed by atoms with E-state index in [1.54, 1.807) is 0 Å². The van der Waals surface area contributed by atoms with Gasteiger partial charge < -0.3 is 21.3 Å². The van der Waals surface area contributed by atoms with E-state index in [0.29, 0.717) is 19.4 Å². The molecule has 3 atom stereocenters. The summed E-state index contributed by atoms with van der Waals surface area (Å²) in [7, 11) is 0. The highest BCUT2D eigenvalue weighted by Crippen LogP contribution is 2.08. The van der Waals surface area contributed by atoms with Gasteiger partial charge in [-0.1, -0.05) is 0 Å². The third kappa shape index (κ3) is 3.44. The van der Waals surface area contributed by atoms with Gasteiger partial charge in [0.1, 0.15) is 6.23 Å². The monoisotopic (exact) mass is 231 g/mol. The smallest absolute Gasteiger partial charge is 0.305 e. The van der Waals surface area contributed by atoms with Crippen molar-refractivity contribution in [1.29, 1.82) is 0 Å². The van der Waals surface area contributed by atoms with E-state index in [9.17, 15) is 14.7 Å². The first-order valence-electron chi connectivity index (χ1n) is 5.21. The van der Waals surface area contributed by atoms with Gasteiger partial charge in [-0.2, -0.15) is 0 Å². The summed E-state index contributed by atoms with van der Waals surface area (Å²) in [5, 5.41) is 23.3.